The normalized spacial score (nSPS) is 11.9. The van der Waals surface area contributed by atoms with Gasteiger partial charge in [-0.25, -0.2) is 0 Å². The molecule has 0 aliphatic carbocycles. The van der Waals surface area contributed by atoms with Crippen molar-refractivity contribution in [3.63, 3.8) is 0 Å². The molecule has 5 aromatic carbocycles. The molecular formula is C36H24N2O. The summed E-state index contributed by atoms with van der Waals surface area (Å²) in [6.07, 6.45) is 1.85. The summed E-state index contributed by atoms with van der Waals surface area (Å²) in [5, 5.41) is 6.08. The zero-order valence-electron chi connectivity index (χ0n) is 21.4. The first kappa shape index (κ1) is 21.9. The molecule has 0 saturated carbocycles. The van der Waals surface area contributed by atoms with Crippen LogP contribution in [-0.4, -0.2) is 4.98 Å². The van der Waals surface area contributed by atoms with Gasteiger partial charge >= 0.3 is 0 Å². The number of furan rings is 1. The minimum absolute atomic E-state index is 0.897. The van der Waals surface area contributed by atoms with Gasteiger partial charge < -0.3 is 9.73 Å². The number of benzene rings is 5. The van der Waals surface area contributed by atoms with Gasteiger partial charge in [-0.3, -0.25) is 4.98 Å². The number of pyridine rings is 1. The van der Waals surface area contributed by atoms with E-state index >= 15 is 0 Å². The average Bonchev–Trinajstić information content (AvgIpc) is 3.37. The van der Waals surface area contributed by atoms with Gasteiger partial charge in [0.2, 0.25) is 0 Å². The van der Waals surface area contributed by atoms with Crippen molar-refractivity contribution in [1.29, 1.82) is 0 Å². The highest BCUT2D eigenvalue weighted by atomic mass is 16.3. The molecule has 0 unspecified atom stereocenters. The highest BCUT2D eigenvalue weighted by Gasteiger charge is 2.24. The minimum Gasteiger partial charge on any atom is -0.456 e. The number of para-hydroxylation sites is 1. The fourth-order valence-electron chi connectivity index (χ4n) is 5.97. The lowest BCUT2D eigenvalue weighted by Crippen LogP contribution is -2.03. The van der Waals surface area contributed by atoms with Crippen molar-refractivity contribution in [2.45, 2.75) is 6.92 Å². The van der Waals surface area contributed by atoms with Crippen LogP contribution in [0.3, 0.4) is 0 Å². The Balaban J connectivity index is 1.49. The molecule has 0 radical (unpaired) electrons. The third-order valence-electron chi connectivity index (χ3n) is 7.87. The second-order valence-corrected chi connectivity index (χ2v) is 10.1. The summed E-state index contributed by atoms with van der Waals surface area (Å²) in [5.74, 6) is 0. The Bertz CT molecular complexity index is 2040. The van der Waals surface area contributed by atoms with Crippen LogP contribution in [0.25, 0.3) is 66.6 Å². The zero-order chi connectivity index (χ0) is 25.9. The lowest BCUT2D eigenvalue weighted by atomic mass is 9.84. The fourth-order valence-corrected chi connectivity index (χ4v) is 5.97. The lowest BCUT2D eigenvalue weighted by molar-refractivity contribution is 0.669. The van der Waals surface area contributed by atoms with Gasteiger partial charge in [-0.05, 0) is 89.3 Å². The molecule has 3 heterocycles. The van der Waals surface area contributed by atoms with Crippen LogP contribution in [0.15, 0.2) is 126 Å². The standard InChI is InChI=1S/C36H24N2O/c1-22-27-20-25(23-9-3-2-4-10-23)21-28(22)35-32(16-17-34-36(35)26-11-5-6-13-33(26)39-34)38-31-15-14-24(19-29(27)31)30-12-7-8-18-37-30/h2-21,38H,1H3. The van der Waals surface area contributed by atoms with E-state index in [0.29, 0.717) is 0 Å². The lowest BCUT2D eigenvalue weighted by Gasteiger charge is -2.25. The summed E-state index contributed by atoms with van der Waals surface area (Å²) in [5.41, 5.74) is 14.4. The predicted molar refractivity (Wildman–Crippen MR) is 161 cm³/mol. The SMILES string of the molecule is Cc1c2cc(-c3ccccc3)cc1-c1c(ccc3oc4ccccc4c13)Nc1ccc(-c3ccccn3)cc1-2. The van der Waals surface area contributed by atoms with Gasteiger partial charge in [0, 0.05) is 45.0 Å². The van der Waals surface area contributed by atoms with Crippen molar-refractivity contribution in [1.82, 2.24) is 4.98 Å². The number of rotatable bonds is 2. The molecule has 2 bridgehead atoms. The van der Waals surface area contributed by atoms with Crippen LogP contribution in [0.2, 0.25) is 0 Å². The number of hydrogen-bond acceptors (Lipinski definition) is 3. The molecule has 3 nitrogen and oxygen atoms in total. The largest absolute Gasteiger partial charge is 0.456 e. The van der Waals surface area contributed by atoms with Crippen molar-refractivity contribution >= 4 is 33.3 Å². The molecule has 39 heavy (non-hydrogen) atoms. The van der Waals surface area contributed by atoms with E-state index in [0.717, 1.165) is 50.1 Å². The Morgan fingerprint density at radius 2 is 1.36 bits per heavy atom. The van der Waals surface area contributed by atoms with Gasteiger partial charge in [0.1, 0.15) is 11.2 Å². The molecule has 184 valence electrons. The van der Waals surface area contributed by atoms with E-state index in [1.807, 2.05) is 30.5 Å². The Morgan fingerprint density at radius 1 is 0.590 bits per heavy atom. The predicted octanol–water partition coefficient (Wildman–Crippen LogP) is 10.0. The van der Waals surface area contributed by atoms with Gasteiger partial charge in [0.25, 0.3) is 0 Å². The van der Waals surface area contributed by atoms with Crippen molar-refractivity contribution < 1.29 is 4.42 Å². The van der Waals surface area contributed by atoms with E-state index in [2.05, 4.69) is 108 Å². The maximum absolute atomic E-state index is 6.32. The number of aromatic nitrogens is 1. The van der Waals surface area contributed by atoms with Crippen LogP contribution in [0.1, 0.15) is 5.56 Å². The maximum atomic E-state index is 6.32. The minimum atomic E-state index is 0.897. The van der Waals surface area contributed by atoms with Gasteiger partial charge in [-0.15, -0.1) is 0 Å². The van der Waals surface area contributed by atoms with Crippen molar-refractivity contribution in [2.24, 2.45) is 0 Å². The van der Waals surface area contributed by atoms with Gasteiger partial charge in [-0.1, -0.05) is 60.7 Å². The first-order valence-corrected chi connectivity index (χ1v) is 13.2. The summed E-state index contributed by atoms with van der Waals surface area (Å²) < 4.78 is 6.32. The monoisotopic (exact) mass is 500 g/mol. The molecule has 1 aliphatic rings. The molecule has 8 rings (SSSR count). The zero-order valence-corrected chi connectivity index (χ0v) is 21.4. The topological polar surface area (TPSA) is 38.1 Å². The van der Waals surface area contributed by atoms with Crippen molar-refractivity contribution in [3.05, 3.63) is 127 Å². The van der Waals surface area contributed by atoms with Gasteiger partial charge in [0.05, 0.1) is 5.69 Å². The van der Waals surface area contributed by atoms with E-state index in [9.17, 15) is 0 Å². The number of nitrogens with zero attached hydrogens (tertiary/aromatic N) is 1. The highest BCUT2D eigenvalue weighted by molar-refractivity contribution is 6.17. The van der Waals surface area contributed by atoms with Crippen LogP contribution in [0.5, 0.6) is 0 Å². The molecule has 1 aliphatic heterocycles. The fraction of sp³-hybridized carbons (Fsp3) is 0.0278. The molecule has 0 saturated heterocycles. The Hall–Kier alpha value is -5.15. The van der Waals surface area contributed by atoms with E-state index in [1.165, 1.54) is 33.4 Å². The average molecular weight is 501 g/mol. The molecular weight excluding hydrogens is 476 g/mol. The van der Waals surface area contributed by atoms with E-state index in [1.54, 1.807) is 0 Å². The summed E-state index contributed by atoms with van der Waals surface area (Å²) >= 11 is 0. The van der Waals surface area contributed by atoms with Crippen LogP contribution in [-0.2, 0) is 0 Å². The third kappa shape index (κ3) is 3.40. The Morgan fingerprint density at radius 3 is 2.23 bits per heavy atom. The van der Waals surface area contributed by atoms with Crippen LogP contribution >= 0.6 is 0 Å². The van der Waals surface area contributed by atoms with Gasteiger partial charge in [0.15, 0.2) is 0 Å². The molecule has 1 N–H and O–H groups in total. The summed E-state index contributed by atoms with van der Waals surface area (Å²) in [6, 6.07) is 40.5. The Kier molecular flexibility index (Phi) is 4.74. The molecule has 2 aromatic heterocycles. The molecule has 7 aromatic rings. The van der Waals surface area contributed by atoms with E-state index < -0.39 is 0 Å². The van der Waals surface area contributed by atoms with Crippen LogP contribution < -0.4 is 5.32 Å². The second kappa shape index (κ2) is 8.44. The number of hydrogen-bond donors (Lipinski definition) is 1. The number of nitrogens with one attached hydrogen (secondary N) is 1. The van der Waals surface area contributed by atoms with Gasteiger partial charge in [-0.2, -0.15) is 0 Å². The molecule has 0 amide bonds. The quantitative estimate of drug-likeness (QED) is 0.257. The van der Waals surface area contributed by atoms with Crippen molar-refractivity contribution in [2.75, 3.05) is 5.32 Å². The summed E-state index contributed by atoms with van der Waals surface area (Å²) in [7, 11) is 0. The third-order valence-corrected chi connectivity index (χ3v) is 7.87. The molecule has 0 spiro atoms. The smallest absolute Gasteiger partial charge is 0.136 e. The van der Waals surface area contributed by atoms with Crippen LogP contribution in [0, 0.1) is 6.92 Å². The number of anilines is 2. The highest BCUT2D eigenvalue weighted by Crippen LogP contribution is 2.49. The Labute approximate surface area is 226 Å². The molecule has 3 heteroatoms. The molecule has 0 atom stereocenters. The summed E-state index contributed by atoms with van der Waals surface area (Å²) in [4.78, 5) is 4.62. The van der Waals surface area contributed by atoms with Crippen LogP contribution in [0.4, 0.5) is 11.4 Å². The molecule has 0 fully saturated rings. The van der Waals surface area contributed by atoms with Crippen molar-refractivity contribution in [3.8, 4) is 44.6 Å². The van der Waals surface area contributed by atoms with E-state index in [-0.39, 0.29) is 0 Å². The number of fused-ring (bicyclic) bond motifs is 10. The second-order valence-electron chi connectivity index (χ2n) is 10.1. The first-order chi connectivity index (χ1) is 19.2. The summed E-state index contributed by atoms with van der Waals surface area (Å²) in [6.45, 7) is 2.24. The maximum Gasteiger partial charge on any atom is 0.136 e. The van der Waals surface area contributed by atoms with E-state index in [4.69, 9.17) is 4.42 Å². The first-order valence-electron chi connectivity index (χ1n) is 13.2.